The van der Waals surface area contributed by atoms with E-state index in [4.69, 9.17) is 5.11 Å². The maximum absolute atomic E-state index is 11.6. The van der Waals surface area contributed by atoms with Crippen molar-refractivity contribution in [2.45, 2.75) is 6.92 Å². The lowest BCUT2D eigenvalue weighted by molar-refractivity contribution is -0.145. The Morgan fingerprint density at radius 1 is 1.60 bits per heavy atom. The van der Waals surface area contributed by atoms with Crippen LogP contribution in [0.4, 0.5) is 5.00 Å². The summed E-state index contributed by atoms with van der Waals surface area (Å²) in [6.07, 6.45) is 0. The number of nitrogens with zero attached hydrogens (tertiary/aromatic N) is 1. The fourth-order valence-corrected chi connectivity index (χ4v) is 2.38. The highest BCUT2D eigenvalue weighted by molar-refractivity contribution is 9.10. The number of halogens is 1. The summed E-state index contributed by atoms with van der Waals surface area (Å²) in [5.74, 6) is -2.55. The van der Waals surface area contributed by atoms with Crippen LogP contribution < -0.4 is 4.90 Å². The first-order valence-corrected chi connectivity index (χ1v) is 5.85. The molecule has 1 amide bonds. The third-order valence-corrected chi connectivity index (χ3v) is 3.72. The van der Waals surface area contributed by atoms with Crippen molar-refractivity contribution < 1.29 is 14.7 Å². The number of aliphatic carboxylic acids is 1. The van der Waals surface area contributed by atoms with Gasteiger partial charge in [0.25, 0.3) is 0 Å². The van der Waals surface area contributed by atoms with Crippen LogP contribution in [0.1, 0.15) is 6.92 Å². The van der Waals surface area contributed by atoms with E-state index in [1.165, 1.54) is 23.2 Å². The van der Waals surface area contributed by atoms with Gasteiger partial charge in [-0.25, -0.2) is 0 Å². The molecule has 0 aliphatic rings. The predicted molar refractivity (Wildman–Crippen MR) is 62.2 cm³/mol. The number of anilines is 1. The van der Waals surface area contributed by atoms with Crippen LogP contribution in [0.15, 0.2) is 15.9 Å². The molecule has 1 heterocycles. The summed E-state index contributed by atoms with van der Waals surface area (Å²) in [4.78, 5) is 23.6. The summed E-state index contributed by atoms with van der Waals surface area (Å²) in [5.41, 5.74) is 0. The third-order valence-electron chi connectivity index (χ3n) is 1.96. The topological polar surface area (TPSA) is 57.6 Å². The van der Waals surface area contributed by atoms with E-state index in [1.54, 1.807) is 13.1 Å². The molecule has 0 aromatic carbocycles. The molecule has 4 nitrogen and oxygen atoms in total. The van der Waals surface area contributed by atoms with Crippen molar-refractivity contribution in [3.8, 4) is 0 Å². The Morgan fingerprint density at radius 2 is 2.20 bits per heavy atom. The van der Waals surface area contributed by atoms with Crippen molar-refractivity contribution in [2.24, 2.45) is 5.92 Å². The summed E-state index contributed by atoms with van der Waals surface area (Å²) in [6.45, 7) is 1.38. The van der Waals surface area contributed by atoms with Crippen molar-refractivity contribution in [3.63, 3.8) is 0 Å². The number of carboxylic acids is 1. The summed E-state index contributed by atoms with van der Waals surface area (Å²) >= 11 is 4.65. The third kappa shape index (κ3) is 2.79. The molecule has 82 valence electrons. The van der Waals surface area contributed by atoms with Crippen molar-refractivity contribution in [1.82, 2.24) is 0 Å². The van der Waals surface area contributed by atoms with Crippen LogP contribution in [-0.2, 0) is 9.59 Å². The molecule has 0 saturated heterocycles. The molecule has 0 aliphatic heterocycles. The standard InChI is InChI=1S/C9H10BrNO3S/c1-5(9(13)14)8(12)11(2)7-3-6(10)4-15-7/h3-5H,1-2H3,(H,13,14). The maximum Gasteiger partial charge on any atom is 0.315 e. The second kappa shape index (κ2) is 4.76. The lowest BCUT2D eigenvalue weighted by Gasteiger charge is -2.17. The second-order valence-electron chi connectivity index (χ2n) is 3.06. The molecule has 0 bridgehead atoms. The van der Waals surface area contributed by atoms with Gasteiger partial charge >= 0.3 is 5.97 Å². The highest BCUT2D eigenvalue weighted by Gasteiger charge is 2.25. The number of hydrogen-bond donors (Lipinski definition) is 1. The molecule has 0 saturated carbocycles. The zero-order chi connectivity index (χ0) is 11.6. The number of rotatable bonds is 3. The first-order valence-electron chi connectivity index (χ1n) is 4.18. The SMILES string of the molecule is CC(C(=O)O)C(=O)N(C)c1cc(Br)cs1. The minimum absolute atomic E-state index is 0.420. The summed E-state index contributed by atoms with van der Waals surface area (Å²) in [7, 11) is 1.57. The summed E-state index contributed by atoms with van der Waals surface area (Å²) in [5, 5.41) is 11.3. The maximum atomic E-state index is 11.6. The Kier molecular flexibility index (Phi) is 3.87. The molecular weight excluding hydrogens is 282 g/mol. The van der Waals surface area contributed by atoms with Gasteiger partial charge in [-0.05, 0) is 28.9 Å². The molecule has 0 aliphatic carbocycles. The van der Waals surface area contributed by atoms with Crippen LogP contribution in [0.3, 0.4) is 0 Å². The fourth-order valence-electron chi connectivity index (χ4n) is 0.983. The van der Waals surface area contributed by atoms with Gasteiger partial charge in [-0.1, -0.05) is 0 Å². The van der Waals surface area contributed by atoms with E-state index in [9.17, 15) is 9.59 Å². The van der Waals surface area contributed by atoms with Gasteiger partial charge in [-0.3, -0.25) is 9.59 Å². The first kappa shape index (κ1) is 12.2. The molecule has 1 aromatic heterocycles. The van der Waals surface area contributed by atoms with E-state index in [1.807, 2.05) is 5.38 Å². The highest BCUT2D eigenvalue weighted by atomic mass is 79.9. The molecule has 1 atom stereocenters. The number of thiophene rings is 1. The van der Waals surface area contributed by atoms with Crippen LogP contribution in [0, 0.1) is 5.92 Å². The quantitative estimate of drug-likeness (QED) is 0.869. The van der Waals surface area contributed by atoms with Gasteiger partial charge < -0.3 is 10.0 Å². The Hall–Kier alpha value is -0.880. The monoisotopic (exact) mass is 291 g/mol. The molecule has 6 heteroatoms. The van der Waals surface area contributed by atoms with Crippen molar-refractivity contribution >= 4 is 44.1 Å². The van der Waals surface area contributed by atoms with Gasteiger partial charge in [0.15, 0.2) is 0 Å². The van der Waals surface area contributed by atoms with Gasteiger partial charge in [-0.2, -0.15) is 0 Å². The molecule has 0 radical (unpaired) electrons. The molecule has 1 N–H and O–H groups in total. The molecule has 1 aromatic rings. The van der Waals surface area contributed by atoms with Gasteiger partial charge in [0.2, 0.25) is 5.91 Å². The largest absolute Gasteiger partial charge is 0.481 e. The molecule has 1 unspecified atom stereocenters. The normalized spacial score (nSPS) is 12.2. The number of carboxylic acid groups (broad SMARTS) is 1. The zero-order valence-corrected chi connectivity index (χ0v) is 10.6. The molecular formula is C9H10BrNO3S. The van der Waals surface area contributed by atoms with Crippen LogP contribution in [0.5, 0.6) is 0 Å². The number of amides is 1. The Balaban J connectivity index is 2.81. The molecule has 0 fully saturated rings. The molecule has 1 rings (SSSR count). The summed E-state index contributed by atoms with van der Waals surface area (Å²) in [6, 6.07) is 1.77. The number of hydrogen-bond acceptors (Lipinski definition) is 3. The van der Waals surface area contributed by atoms with Crippen LogP contribution >= 0.6 is 27.3 Å². The van der Waals surface area contributed by atoms with E-state index in [0.717, 1.165) is 9.47 Å². The van der Waals surface area contributed by atoms with E-state index in [0.29, 0.717) is 0 Å². The van der Waals surface area contributed by atoms with E-state index < -0.39 is 17.8 Å². The predicted octanol–water partition coefficient (Wildman–Crippen LogP) is 2.19. The second-order valence-corrected chi connectivity index (χ2v) is 4.87. The average Bonchev–Trinajstić information content (AvgIpc) is 2.61. The van der Waals surface area contributed by atoms with Crippen LogP contribution in [0.2, 0.25) is 0 Å². The van der Waals surface area contributed by atoms with Gasteiger partial charge in [0.05, 0.1) is 5.00 Å². The van der Waals surface area contributed by atoms with Crippen LogP contribution in [0.25, 0.3) is 0 Å². The Morgan fingerprint density at radius 3 is 2.60 bits per heavy atom. The van der Waals surface area contributed by atoms with Crippen molar-refractivity contribution in [1.29, 1.82) is 0 Å². The first-order chi connectivity index (χ1) is 6.93. The number of carbonyl (C=O) groups excluding carboxylic acids is 1. The minimum Gasteiger partial charge on any atom is -0.481 e. The number of carbonyl (C=O) groups is 2. The molecule has 15 heavy (non-hydrogen) atoms. The highest BCUT2D eigenvalue weighted by Crippen LogP contribution is 2.28. The van der Waals surface area contributed by atoms with Gasteiger partial charge in [0, 0.05) is 16.9 Å². The van der Waals surface area contributed by atoms with Crippen molar-refractivity contribution in [2.75, 3.05) is 11.9 Å². The van der Waals surface area contributed by atoms with Gasteiger partial charge in [0.1, 0.15) is 5.92 Å². The van der Waals surface area contributed by atoms with Crippen LogP contribution in [-0.4, -0.2) is 24.0 Å². The van der Waals surface area contributed by atoms with Crippen molar-refractivity contribution in [3.05, 3.63) is 15.9 Å². The van der Waals surface area contributed by atoms with Gasteiger partial charge in [-0.15, -0.1) is 11.3 Å². The fraction of sp³-hybridized carbons (Fsp3) is 0.333. The Labute approximate surface area is 99.6 Å². The van der Waals surface area contributed by atoms with E-state index in [2.05, 4.69) is 15.9 Å². The zero-order valence-electron chi connectivity index (χ0n) is 8.23. The average molecular weight is 292 g/mol. The lowest BCUT2D eigenvalue weighted by atomic mass is 10.1. The van der Waals surface area contributed by atoms with E-state index >= 15 is 0 Å². The minimum atomic E-state index is -1.11. The molecule has 0 spiro atoms. The Bertz CT molecular complexity index is 390. The lowest BCUT2D eigenvalue weighted by Crippen LogP contribution is -2.34. The van der Waals surface area contributed by atoms with E-state index in [-0.39, 0.29) is 0 Å². The smallest absolute Gasteiger partial charge is 0.315 e. The summed E-state index contributed by atoms with van der Waals surface area (Å²) < 4.78 is 0.880.